The van der Waals surface area contributed by atoms with E-state index in [1.807, 2.05) is 0 Å². The summed E-state index contributed by atoms with van der Waals surface area (Å²) in [6.45, 7) is 0. The Bertz CT molecular complexity index is 2970. The highest BCUT2D eigenvalue weighted by atomic mass is 16.5. The van der Waals surface area contributed by atoms with Gasteiger partial charge in [0, 0.05) is 16.7 Å². The van der Waals surface area contributed by atoms with Crippen LogP contribution < -0.4 is 4.74 Å². The van der Waals surface area contributed by atoms with Crippen molar-refractivity contribution in [3.05, 3.63) is 251 Å². The summed E-state index contributed by atoms with van der Waals surface area (Å²) < 4.78 is 7.12. The Morgan fingerprint density at radius 2 is 0.909 bits per heavy atom. The molecule has 0 bridgehead atoms. The van der Waals surface area contributed by atoms with E-state index in [0.29, 0.717) is 0 Å². The molecule has 1 aliphatic heterocycles. The van der Waals surface area contributed by atoms with Crippen molar-refractivity contribution in [3.63, 3.8) is 0 Å². The molecule has 3 aliphatic rings. The van der Waals surface area contributed by atoms with Gasteiger partial charge in [0.15, 0.2) is 0 Å². The van der Waals surface area contributed by atoms with Gasteiger partial charge < -0.3 is 4.74 Å². The molecule has 1 atom stereocenters. The van der Waals surface area contributed by atoms with Crippen molar-refractivity contribution < 1.29 is 4.74 Å². The lowest BCUT2D eigenvalue weighted by Crippen LogP contribution is -2.34. The van der Waals surface area contributed by atoms with Gasteiger partial charge in [-0.1, -0.05) is 194 Å². The van der Waals surface area contributed by atoms with E-state index >= 15 is 0 Å². The Hall–Kier alpha value is -6.96. The van der Waals surface area contributed by atoms with E-state index in [1.54, 1.807) is 0 Å². The first-order valence-electron chi connectivity index (χ1n) is 19.2. The summed E-state index contributed by atoms with van der Waals surface area (Å²) in [5.41, 5.74) is 16.5. The van der Waals surface area contributed by atoms with Gasteiger partial charge in [0.1, 0.15) is 11.5 Å². The molecule has 1 heterocycles. The average molecular weight is 699 g/mol. The molecule has 0 radical (unpaired) electrons. The molecule has 2 aliphatic carbocycles. The predicted octanol–water partition coefficient (Wildman–Crippen LogP) is 13.3. The molecule has 0 fully saturated rings. The number of ether oxygens (including phenoxy) is 1. The molecule has 0 amide bonds. The first kappa shape index (κ1) is 30.5. The van der Waals surface area contributed by atoms with Crippen LogP contribution in [-0.2, 0) is 10.8 Å². The fourth-order valence-corrected chi connectivity index (χ4v) is 10.5. The Balaban J connectivity index is 1.16. The highest BCUT2D eigenvalue weighted by molar-refractivity contribution is 6.06. The first-order chi connectivity index (χ1) is 27.3. The van der Waals surface area contributed by atoms with E-state index in [9.17, 15) is 0 Å². The van der Waals surface area contributed by atoms with Gasteiger partial charge in [-0.15, -0.1) is 0 Å². The van der Waals surface area contributed by atoms with E-state index in [4.69, 9.17) is 4.74 Å². The lowest BCUT2D eigenvalue weighted by Gasteiger charge is -2.42. The maximum absolute atomic E-state index is 7.12. The molecule has 256 valence electrons. The lowest BCUT2D eigenvalue weighted by atomic mass is 9.63. The Morgan fingerprint density at radius 3 is 1.69 bits per heavy atom. The van der Waals surface area contributed by atoms with Crippen molar-refractivity contribution in [2.24, 2.45) is 0 Å². The van der Waals surface area contributed by atoms with Crippen molar-refractivity contribution in [3.8, 4) is 44.9 Å². The first-order valence-corrected chi connectivity index (χ1v) is 19.2. The van der Waals surface area contributed by atoms with Crippen LogP contribution in [0.3, 0.4) is 0 Å². The van der Waals surface area contributed by atoms with Crippen LogP contribution in [0.1, 0.15) is 44.5 Å². The summed E-state index contributed by atoms with van der Waals surface area (Å²) in [6, 6.07) is 76.0. The zero-order chi connectivity index (χ0) is 36.1. The molecule has 9 aromatic rings. The minimum atomic E-state index is -0.582. The van der Waals surface area contributed by atoms with Gasteiger partial charge in [0.05, 0.1) is 10.8 Å². The van der Waals surface area contributed by atoms with Crippen molar-refractivity contribution in [2.75, 3.05) is 0 Å². The van der Waals surface area contributed by atoms with Crippen LogP contribution in [0, 0.1) is 0 Å². The SMILES string of the molecule is c1ccc(C2(c3ccccc3)c3ccccc3Oc3c(-c4ccc5c(c4)C4(c6ccccc6-5)c5ccccc5-c5c4ccc4ccccc54)cccc32)cc1. The van der Waals surface area contributed by atoms with Crippen LogP contribution in [0.25, 0.3) is 44.2 Å². The van der Waals surface area contributed by atoms with Crippen LogP contribution in [-0.4, -0.2) is 0 Å². The van der Waals surface area contributed by atoms with Gasteiger partial charge in [-0.3, -0.25) is 0 Å². The van der Waals surface area contributed by atoms with Gasteiger partial charge in [-0.25, -0.2) is 0 Å². The molecule has 0 N–H and O–H groups in total. The third-order valence-corrected chi connectivity index (χ3v) is 12.6. The minimum absolute atomic E-state index is 0.460. The highest BCUT2D eigenvalue weighted by Crippen LogP contribution is 2.64. The van der Waals surface area contributed by atoms with Crippen LogP contribution >= 0.6 is 0 Å². The molecule has 1 spiro atoms. The lowest BCUT2D eigenvalue weighted by molar-refractivity contribution is 0.436. The third-order valence-electron chi connectivity index (χ3n) is 12.6. The monoisotopic (exact) mass is 698 g/mol. The van der Waals surface area contributed by atoms with Crippen molar-refractivity contribution in [1.29, 1.82) is 0 Å². The second kappa shape index (κ2) is 11.3. The van der Waals surface area contributed by atoms with E-state index < -0.39 is 10.8 Å². The molecular formula is C54H34O. The van der Waals surface area contributed by atoms with Crippen molar-refractivity contribution >= 4 is 10.8 Å². The maximum atomic E-state index is 7.12. The van der Waals surface area contributed by atoms with Gasteiger partial charge in [-0.2, -0.15) is 0 Å². The summed E-state index contributed by atoms with van der Waals surface area (Å²) in [5, 5.41) is 2.57. The fourth-order valence-electron chi connectivity index (χ4n) is 10.5. The normalized spacial score (nSPS) is 16.4. The minimum Gasteiger partial charge on any atom is -0.456 e. The second-order valence-electron chi connectivity index (χ2n) is 15.1. The van der Waals surface area contributed by atoms with Crippen LogP contribution in [0.15, 0.2) is 206 Å². The number of hydrogen-bond donors (Lipinski definition) is 0. The number of fused-ring (bicyclic) bond motifs is 14. The van der Waals surface area contributed by atoms with E-state index in [2.05, 4.69) is 206 Å². The molecule has 1 nitrogen and oxygen atoms in total. The third kappa shape index (κ3) is 3.87. The van der Waals surface area contributed by atoms with Crippen molar-refractivity contribution in [1.82, 2.24) is 0 Å². The quantitative estimate of drug-likeness (QED) is 0.178. The molecule has 0 aromatic heterocycles. The summed E-state index contributed by atoms with van der Waals surface area (Å²) >= 11 is 0. The van der Waals surface area contributed by atoms with Gasteiger partial charge in [0.2, 0.25) is 0 Å². The topological polar surface area (TPSA) is 9.23 Å². The summed E-state index contributed by atoms with van der Waals surface area (Å²) in [5.74, 6) is 1.78. The fraction of sp³-hybridized carbons (Fsp3) is 0.0370. The van der Waals surface area contributed by atoms with Crippen LogP contribution in [0.2, 0.25) is 0 Å². The number of hydrogen-bond acceptors (Lipinski definition) is 1. The second-order valence-corrected chi connectivity index (χ2v) is 15.1. The molecule has 55 heavy (non-hydrogen) atoms. The van der Waals surface area contributed by atoms with Gasteiger partial charge >= 0.3 is 0 Å². The summed E-state index contributed by atoms with van der Waals surface area (Å²) in [4.78, 5) is 0. The van der Waals surface area contributed by atoms with Crippen LogP contribution in [0.4, 0.5) is 0 Å². The maximum Gasteiger partial charge on any atom is 0.140 e. The molecule has 0 saturated carbocycles. The molecule has 1 heteroatoms. The summed E-state index contributed by atoms with van der Waals surface area (Å²) in [6.07, 6.45) is 0. The largest absolute Gasteiger partial charge is 0.456 e. The average Bonchev–Trinajstić information content (AvgIpc) is 3.73. The smallest absolute Gasteiger partial charge is 0.140 e. The number of benzene rings is 9. The number of rotatable bonds is 3. The van der Waals surface area contributed by atoms with Gasteiger partial charge in [-0.05, 0) is 84.1 Å². The summed E-state index contributed by atoms with van der Waals surface area (Å²) in [7, 11) is 0. The Kier molecular flexibility index (Phi) is 6.25. The zero-order valence-electron chi connectivity index (χ0n) is 30.0. The highest BCUT2D eigenvalue weighted by Gasteiger charge is 2.52. The Labute approximate surface area is 320 Å². The van der Waals surface area contributed by atoms with E-state index in [1.165, 1.54) is 66.4 Å². The predicted molar refractivity (Wildman–Crippen MR) is 224 cm³/mol. The molecule has 12 rings (SSSR count). The van der Waals surface area contributed by atoms with Gasteiger partial charge in [0.25, 0.3) is 0 Å². The molecule has 1 unspecified atom stereocenters. The molecule has 0 saturated heterocycles. The Morgan fingerprint density at radius 1 is 0.327 bits per heavy atom. The zero-order valence-corrected chi connectivity index (χ0v) is 30.0. The van der Waals surface area contributed by atoms with Crippen LogP contribution in [0.5, 0.6) is 11.5 Å². The number of para-hydroxylation sites is 2. The van der Waals surface area contributed by atoms with E-state index in [0.717, 1.165) is 33.8 Å². The van der Waals surface area contributed by atoms with Crippen molar-refractivity contribution in [2.45, 2.75) is 10.8 Å². The van der Waals surface area contributed by atoms with E-state index in [-0.39, 0.29) is 0 Å². The standard InChI is InChI=1S/C54H34O/c1-3-17-37(18-4-1)53(38-19-5-2-6-20-38)46-27-13-14-29-50(46)55-52-40(24-15-28-48(52)53)36-30-32-42-41-22-9-11-25-44(41)54(49(42)34-36)45-26-12-10-23-43(45)51-39-21-8-7-16-35(39)31-33-47(51)54/h1-34H. The molecule has 9 aromatic carbocycles. The molecular weight excluding hydrogens is 665 g/mol.